The van der Waals surface area contributed by atoms with Gasteiger partial charge in [0, 0.05) is 36.8 Å². The van der Waals surface area contributed by atoms with Crippen LogP contribution in [0.4, 0.5) is 0 Å². The Kier molecular flexibility index (Phi) is 5.58. The molecule has 0 aliphatic carbocycles. The lowest BCUT2D eigenvalue weighted by Crippen LogP contribution is -2.26. The maximum atomic E-state index is 11.9. The number of aliphatic hydroxyl groups excluding tert-OH is 1. The Bertz CT molecular complexity index is 630. The number of aliphatic hydroxyl groups is 1. The topological polar surface area (TPSA) is 66.6 Å². The van der Waals surface area contributed by atoms with E-state index < -0.39 is 0 Å². The van der Waals surface area contributed by atoms with Crippen LogP contribution in [0.1, 0.15) is 44.5 Å². The Morgan fingerprint density at radius 3 is 3.00 bits per heavy atom. The molecule has 1 amide bonds. The quantitative estimate of drug-likeness (QED) is 0.734. The summed E-state index contributed by atoms with van der Waals surface area (Å²) in [4.78, 5) is 17.3. The molecule has 6 heteroatoms. The molecule has 22 heavy (non-hydrogen) atoms. The van der Waals surface area contributed by atoms with Gasteiger partial charge in [0.25, 0.3) is 0 Å². The highest BCUT2D eigenvalue weighted by Gasteiger charge is 2.15. The van der Waals surface area contributed by atoms with Crippen molar-refractivity contribution in [1.82, 2.24) is 14.7 Å². The molecule has 0 fully saturated rings. The molecule has 0 spiro atoms. The van der Waals surface area contributed by atoms with Gasteiger partial charge >= 0.3 is 0 Å². The molecule has 2 rings (SSSR count). The summed E-state index contributed by atoms with van der Waals surface area (Å²) in [5.41, 5.74) is 2.08. The van der Waals surface area contributed by atoms with E-state index >= 15 is 0 Å². The van der Waals surface area contributed by atoms with Crippen molar-refractivity contribution in [1.29, 1.82) is 0 Å². The second-order valence-electron chi connectivity index (χ2n) is 6.54. The number of aryl methyl sites for hydroxylation is 2. The van der Waals surface area contributed by atoms with Crippen molar-refractivity contribution in [3.8, 4) is 0 Å². The van der Waals surface area contributed by atoms with E-state index in [4.69, 9.17) is 0 Å². The summed E-state index contributed by atoms with van der Waals surface area (Å²) in [5, 5.41) is 14.2. The molecule has 2 N–H and O–H groups in total. The number of amides is 1. The minimum absolute atomic E-state index is 0.0632. The minimum atomic E-state index is -0.0632. The Morgan fingerprint density at radius 1 is 1.50 bits per heavy atom. The number of fused-ring (bicyclic) bond motifs is 1. The van der Waals surface area contributed by atoms with E-state index in [1.54, 1.807) is 11.3 Å². The van der Waals surface area contributed by atoms with Gasteiger partial charge in [-0.2, -0.15) is 0 Å². The van der Waals surface area contributed by atoms with Crippen molar-refractivity contribution in [3.05, 3.63) is 23.0 Å². The van der Waals surface area contributed by atoms with Crippen molar-refractivity contribution < 1.29 is 9.90 Å². The summed E-state index contributed by atoms with van der Waals surface area (Å²) >= 11 is 1.61. The van der Waals surface area contributed by atoms with Crippen molar-refractivity contribution in [2.75, 3.05) is 13.2 Å². The average molecular weight is 323 g/mol. The molecule has 5 nitrogen and oxygen atoms in total. The molecule has 0 aliphatic heterocycles. The highest BCUT2D eigenvalue weighted by molar-refractivity contribution is 7.15. The van der Waals surface area contributed by atoms with Gasteiger partial charge in [-0.25, -0.2) is 4.98 Å². The summed E-state index contributed by atoms with van der Waals surface area (Å²) in [6, 6.07) is 0. The number of carbonyl (C=O) groups is 1. The molecule has 2 aromatic heterocycles. The van der Waals surface area contributed by atoms with Gasteiger partial charge in [-0.15, -0.1) is 11.3 Å². The van der Waals surface area contributed by atoms with Gasteiger partial charge in [-0.05, 0) is 31.6 Å². The lowest BCUT2D eigenvalue weighted by molar-refractivity contribution is -0.121. The number of aromatic nitrogens is 2. The Balaban J connectivity index is 1.72. The summed E-state index contributed by atoms with van der Waals surface area (Å²) < 4.78 is 2.07. The molecular formula is C16H25N3O2S. The van der Waals surface area contributed by atoms with E-state index in [1.165, 1.54) is 0 Å². The van der Waals surface area contributed by atoms with E-state index in [9.17, 15) is 9.90 Å². The van der Waals surface area contributed by atoms with Crippen LogP contribution < -0.4 is 5.32 Å². The highest BCUT2D eigenvalue weighted by atomic mass is 32.1. The summed E-state index contributed by atoms with van der Waals surface area (Å²) in [6.07, 6.45) is 5.03. The van der Waals surface area contributed by atoms with Crippen LogP contribution in [-0.4, -0.2) is 33.6 Å². The third-order valence-corrected chi connectivity index (χ3v) is 4.68. The molecule has 0 radical (unpaired) electrons. The third-order valence-electron chi connectivity index (χ3n) is 3.79. The fraction of sp³-hybridized carbons (Fsp3) is 0.625. The summed E-state index contributed by atoms with van der Waals surface area (Å²) in [7, 11) is 0. The average Bonchev–Trinajstić information content (AvgIpc) is 3.01. The van der Waals surface area contributed by atoms with E-state index in [0.717, 1.165) is 35.6 Å². The first-order valence-electron chi connectivity index (χ1n) is 7.71. The number of imidazole rings is 1. The van der Waals surface area contributed by atoms with E-state index in [0.29, 0.717) is 13.0 Å². The van der Waals surface area contributed by atoms with Gasteiger partial charge in [0.2, 0.25) is 5.91 Å². The molecule has 0 saturated heterocycles. The van der Waals surface area contributed by atoms with Gasteiger partial charge in [-0.3, -0.25) is 9.20 Å². The fourth-order valence-electron chi connectivity index (χ4n) is 2.33. The highest BCUT2D eigenvalue weighted by Crippen LogP contribution is 2.20. The second-order valence-corrected chi connectivity index (χ2v) is 7.37. The number of nitrogens with one attached hydrogen (secondary N) is 1. The molecule has 2 aromatic rings. The normalized spacial score (nSPS) is 12.0. The molecule has 0 bridgehead atoms. The Labute approximate surface area is 135 Å². The zero-order valence-electron chi connectivity index (χ0n) is 13.6. The number of carbonyl (C=O) groups excluding carboxylic acids is 1. The Hall–Kier alpha value is -1.40. The van der Waals surface area contributed by atoms with Crippen molar-refractivity contribution in [2.24, 2.45) is 5.41 Å². The van der Waals surface area contributed by atoms with Crippen LogP contribution in [-0.2, 0) is 11.2 Å². The van der Waals surface area contributed by atoms with Crippen LogP contribution in [0.5, 0.6) is 0 Å². The van der Waals surface area contributed by atoms with Crippen molar-refractivity contribution >= 4 is 22.2 Å². The van der Waals surface area contributed by atoms with Crippen LogP contribution in [0.3, 0.4) is 0 Å². The largest absolute Gasteiger partial charge is 0.396 e. The summed E-state index contributed by atoms with van der Waals surface area (Å²) in [6.45, 7) is 6.89. The third kappa shape index (κ3) is 4.55. The molecule has 0 saturated carbocycles. The SMILES string of the molecule is Cc1cn2c(CCC(=O)NCCCC(C)(C)CO)csc2n1. The molecule has 122 valence electrons. The fourth-order valence-corrected chi connectivity index (χ4v) is 3.28. The Morgan fingerprint density at radius 2 is 2.27 bits per heavy atom. The first-order chi connectivity index (χ1) is 10.4. The number of hydrogen-bond donors (Lipinski definition) is 2. The lowest BCUT2D eigenvalue weighted by Gasteiger charge is -2.21. The predicted octanol–water partition coefficient (Wildman–Crippen LogP) is 2.55. The van der Waals surface area contributed by atoms with Gasteiger partial charge in [-0.1, -0.05) is 13.8 Å². The van der Waals surface area contributed by atoms with Crippen LogP contribution in [0.15, 0.2) is 11.6 Å². The van der Waals surface area contributed by atoms with Crippen LogP contribution >= 0.6 is 11.3 Å². The number of hydrogen-bond acceptors (Lipinski definition) is 4. The molecule has 0 aromatic carbocycles. The standard InChI is InChI=1S/C16H25N3O2S/c1-12-9-19-13(10-22-15(19)18-12)5-6-14(21)17-8-4-7-16(2,3)11-20/h9-10,20H,4-8,11H2,1-3H3,(H,17,21). The van der Waals surface area contributed by atoms with Gasteiger partial charge in [0.05, 0.1) is 5.69 Å². The smallest absolute Gasteiger partial charge is 0.220 e. The van der Waals surface area contributed by atoms with Crippen LogP contribution in [0, 0.1) is 12.3 Å². The van der Waals surface area contributed by atoms with Gasteiger partial charge in [0.1, 0.15) is 0 Å². The minimum Gasteiger partial charge on any atom is -0.396 e. The van der Waals surface area contributed by atoms with Crippen molar-refractivity contribution in [3.63, 3.8) is 0 Å². The first kappa shape index (κ1) is 17.0. The predicted molar refractivity (Wildman–Crippen MR) is 89.2 cm³/mol. The van der Waals surface area contributed by atoms with E-state index in [1.807, 2.05) is 27.0 Å². The van der Waals surface area contributed by atoms with Gasteiger partial charge < -0.3 is 10.4 Å². The molecule has 0 atom stereocenters. The molecule has 0 aliphatic rings. The zero-order valence-corrected chi connectivity index (χ0v) is 14.4. The molecule has 0 unspecified atom stereocenters. The van der Waals surface area contributed by atoms with Crippen LogP contribution in [0.25, 0.3) is 4.96 Å². The van der Waals surface area contributed by atoms with Gasteiger partial charge in [0.15, 0.2) is 4.96 Å². The molecular weight excluding hydrogens is 298 g/mol. The van der Waals surface area contributed by atoms with Crippen molar-refractivity contribution in [2.45, 2.75) is 46.5 Å². The lowest BCUT2D eigenvalue weighted by atomic mass is 9.89. The summed E-state index contributed by atoms with van der Waals surface area (Å²) in [5.74, 6) is 0.0815. The van der Waals surface area contributed by atoms with E-state index in [2.05, 4.69) is 20.1 Å². The zero-order chi connectivity index (χ0) is 16.2. The number of rotatable bonds is 8. The maximum Gasteiger partial charge on any atom is 0.220 e. The van der Waals surface area contributed by atoms with E-state index in [-0.39, 0.29) is 17.9 Å². The van der Waals surface area contributed by atoms with Crippen LogP contribution in [0.2, 0.25) is 0 Å². The molecule has 2 heterocycles. The second kappa shape index (κ2) is 7.24. The number of thiazole rings is 1. The maximum absolute atomic E-state index is 11.9. The first-order valence-corrected chi connectivity index (χ1v) is 8.59. The number of nitrogens with zero attached hydrogens (tertiary/aromatic N) is 2. The monoisotopic (exact) mass is 323 g/mol.